The number of benzene rings is 2. The van der Waals surface area contributed by atoms with Crippen LogP contribution in [-0.4, -0.2) is 75.2 Å². The Hall–Kier alpha value is -3.61. The fraction of sp³-hybridized carbons (Fsp3) is 0.571. The Morgan fingerprint density at radius 2 is 1.68 bits per heavy atom. The van der Waals surface area contributed by atoms with E-state index in [1.54, 1.807) is 6.07 Å². The maximum Gasteiger partial charge on any atom is 0.408 e. The monoisotopic (exact) mass is 873 g/mol. The highest BCUT2D eigenvalue weighted by Crippen LogP contribution is 2.75. The van der Waals surface area contributed by atoms with Crippen molar-refractivity contribution in [1.82, 2.24) is 15.2 Å². The lowest BCUT2D eigenvalue weighted by atomic mass is 10.0. The van der Waals surface area contributed by atoms with E-state index in [1.165, 1.54) is 11.0 Å². The highest BCUT2D eigenvalue weighted by Gasteiger charge is 2.66. The van der Waals surface area contributed by atoms with Crippen LogP contribution in [0.25, 0.3) is 10.9 Å². The zero-order valence-corrected chi connectivity index (χ0v) is 34.7. The van der Waals surface area contributed by atoms with Gasteiger partial charge in [-0.2, -0.15) is 0 Å². The molecule has 7 rings (SSSR count). The van der Waals surface area contributed by atoms with Gasteiger partial charge in [0.1, 0.15) is 35.6 Å². The van der Waals surface area contributed by atoms with E-state index in [9.17, 15) is 32.6 Å². The van der Waals surface area contributed by atoms with Gasteiger partial charge in [-0.25, -0.2) is 18.6 Å². The van der Waals surface area contributed by atoms with Crippen LogP contribution < -0.4 is 14.8 Å². The van der Waals surface area contributed by atoms with Gasteiger partial charge in [-0.1, -0.05) is 44.2 Å². The van der Waals surface area contributed by atoms with E-state index in [-0.39, 0.29) is 37.8 Å². The second-order valence-corrected chi connectivity index (χ2v) is 19.5. The van der Waals surface area contributed by atoms with Gasteiger partial charge >= 0.3 is 6.09 Å². The number of rotatable bonds is 9. The minimum absolute atomic E-state index is 0.000528. The number of hydrogen-bond donors (Lipinski definition) is 2. The van der Waals surface area contributed by atoms with E-state index < -0.39 is 71.9 Å². The normalized spacial score (nSPS) is 27.1. The van der Waals surface area contributed by atoms with Gasteiger partial charge in [-0.05, 0) is 98.0 Å². The van der Waals surface area contributed by atoms with Crippen molar-refractivity contribution in [2.45, 2.75) is 132 Å². The van der Waals surface area contributed by atoms with Crippen LogP contribution in [0.3, 0.4) is 0 Å². The molecule has 2 aliphatic heterocycles. The number of para-hydroxylation sites is 1. The second kappa shape index (κ2) is 17.7. The van der Waals surface area contributed by atoms with Crippen LogP contribution in [0.5, 0.6) is 11.6 Å². The van der Waals surface area contributed by atoms with Crippen molar-refractivity contribution in [3.8, 4) is 11.6 Å². The SMILES string of the molecule is CCOc1cc(OC2C[C@H]3C(=O)C[C@]4(P(=O)(O)Cc5c(F)cccc5F)C[C@@H]4CCCCCCC[C@H](NC(=O)OC4CCCC4)C(=O)N3C2)c2cccc(Br)c2n1. The zero-order valence-electron chi connectivity index (χ0n) is 32.2. The third kappa shape index (κ3) is 9.18. The number of aromatic nitrogens is 1. The molecule has 4 aliphatic rings. The molecule has 0 radical (unpaired) electrons. The summed E-state index contributed by atoms with van der Waals surface area (Å²) in [5.41, 5.74) is 0.133. The van der Waals surface area contributed by atoms with Crippen molar-refractivity contribution in [2.75, 3.05) is 13.2 Å². The molecule has 3 aromatic rings. The quantitative estimate of drug-likeness (QED) is 0.201. The van der Waals surface area contributed by atoms with E-state index >= 15 is 0 Å². The molecule has 11 nitrogen and oxygen atoms in total. The van der Waals surface area contributed by atoms with E-state index in [4.69, 9.17) is 14.2 Å². The number of nitrogens with zero attached hydrogens (tertiary/aromatic N) is 2. The van der Waals surface area contributed by atoms with E-state index in [0.717, 1.165) is 68.0 Å². The molecule has 2 aromatic carbocycles. The van der Waals surface area contributed by atoms with Crippen molar-refractivity contribution < 1.29 is 46.8 Å². The van der Waals surface area contributed by atoms with Gasteiger partial charge in [-0.3, -0.25) is 14.2 Å². The number of ketones is 1. The van der Waals surface area contributed by atoms with Crippen LogP contribution in [0.1, 0.15) is 102 Å². The van der Waals surface area contributed by atoms with E-state index in [1.807, 2.05) is 25.1 Å². The third-order valence-electron chi connectivity index (χ3n) is 12.3. The lowest BCUT2D eigenvalue weighted by Crippen LogP contribution is -2.52. The maximum atomic E-state index is 14.9. The summed E-state index contributed by atoms with van der Waals surface area (Å²) in [5.74, 6) is -2.24. The first kappa shape index (κ1) is 41.5. The number of hydrogen-bond acceptors (Lipinski definition) is 8. The molecule has 1 aromatic heterocycles. The Kier molecular flexibility index (Phi) is 12.9. The summed E-state index contributed by atoms with van der Waals surface area (Å²) in [7, 11) is -4.40. The number of fused-ring (bicyclic) bond motifs is 3. The lowest BCUT2D eigenvalue weighted by molar-refractivity contribution is -0.139. The lowest BCUT2D eigenvalue weighted by Gasteiger charge is -2.30. The minimum atomic E-state index is -4.40. The molecular weight excluding hydrogens is 823 g/mol. The van der Waals surface area contributed by atoms with Crippen molar-refractivity contribution >= 4 is 52.0 Å². The number of nitrogens with one attached hydrogen (secondary N) is 1. The number of pyridine rings is 1. The van der Waals surface area contributed by atoms with E-state index in [2.05, 4.69) is 26.2 Å². The number of amides is 2. The third-order valence-corrected chi connectivity index (χ3v) is 15.7. The van der Waals surface area contributed by atoms with Crippen molar-refractivity contribution in [1.29, 1.82) is 0 Å². The molecule has 6 atom stereocenters. The van der Waals surface area contributed by atoms with Gasteiger partial charge in [0.15, 0.2) is 5.78 Å². The number of carbonyl (C=O) groups is 3. The first-order valence-electron chi connectivity index (χ1n) is 20.3. The summed E-state index contributed by atoms with van der Waals surface area (Å²) in [6, 6.07) is 8.51. The predicted octanol–water partition coefficient (Wildman–Crippen LogP) is 8.99. The molecule has 0 spiro atoms. The molecule has 2 amide bonds. The predicted molar refractivity (Wildman–Crippen MR) is 213 cm³/mol. The average Bonchev–Trinajstić information content (AvgIpc) is 3.43. The Morgan fingerprint density at radius 1 is 1.00 bits per heavy atom. The highest BCUT2D eigenvalue weighted by atomic mass is 79.9. The Balaban J connectivity index is 1.21. The average molecular weight is 875 g/mol. The van der Waals surface area contributed by atoms with E-state index in [0.29, 0.717) is 48.4 Å². The first-order valence-corrected chi connectivity index (χ1v) is 23.0. The summed E-state index contributed by atoms with van der Waals surface area (Å²) >= 11 is 3.57. The minimum Gasteiger partial charge on any atom is -0.488 e. The molecule has 2 unspecified atom stereocenters. The highest BCUT2D eigenvalue weighted by molar-refractivity contribution is 9.10. The number of carbonyl (C=O) groups excluding carboxylic acids is 3. The second-order valence-electron chi connectivity index (χ2n) is 16.1. The Labute approximate surface area is 340 Å². The number of ether oxygens (including phenoxy) is 3. The van der Waals surface area contributed by atoms with Gasteiger partial charge in [-0.15, -0.1) is 0 Å². The van der Waals surface area contributed by atoms with Gasteiger partial charge in [0.25, 0.3) is 0 Å². The summed E-state index contributed by atoms with van der Waals surface area (Å²) in [6.07, 6.45) is 5.97. The molecule has 57 heavy (non-hydrogen) atoms. The fourth-order valence-electron chi connectivity index (χ4n) is 9.13. The Bertz CT molecular complexity index is 2010. The molecule has 15 heteroatoms. The van der Waals surface area contributed by atoms with Crippen LogP contribution in [0.4, 0.5) is 13.6 Å². The van der Waals surface area contributed by atoms with Crippen molar-refractivity contribution in [3.05, 3.63) is 64.1 Å². The van der Waals surface area contributed by atoms with Crippen LogP contribution in [-0.2, 0) is 25.1 Å². The molecule has 2 aliphatic carbocycles. The molecule has 4 fully saturated rings. The van der Waals surface area contributed by atoms with Crippen LogP contribution in [0.2, 0.25) is 0 Å². The molecule has 2 saturated carbocycles. The van der Waals surface area contributed by atoms with Gasteiger partial charge in [0.2, 0.25) is 19.2 Å². The summed E-state index contributed by atoms with van der Waals surface area (Å²) in [4.78, 5) is 60.5. The number of alkyl carbamates (subject to hydrolysis) is 1. The summed E-state index contributed by atoms with van der Waals surface area (Å²) < 4.78 is 63.0. The molecule has 308 valence electrons. The fourth-order valence-corrected chi connectivity index (χ4v) is 12.2. The van der Waals surface area contributed by atoms with Gasteiger partial charge < -0.3 is 29.3 Å². The van der Waals surface area contributed by atoms with Gasteiger partial charge in [0.05, 0.1) is 36.0 Å². The maximum absolute atomic E-state index is 14.9. The number of Topliss-reactive ketones (excluding diaryl/α,β-unsaturated/α-hetero) is 1. The molecule has 3 heterocycles. The van der Waals surface area contributed by atoms with Crippen molar-refractivity contribution in [2.24, 2.45) is 5.92 Å². The topological polar surface area (TPSA) is 144 Å². The largest absolute Gasteiger partial charge is 0.488 e. The molecule has 0 bridgehead atoms. The van der Waals surface area contributed by atoms with Crippen LogP contribution >= 0.6 is 23.3 Å². The van der Waals surface area contributed by atoms with Gasteiger partial charge in [0, 0.05) is 34.3 Å². The summed E-state index contributed by atoms with van der Waals surface area (Å²) in [5, 5.41) is 2.12. The first-order chi connectivity index (χ1) is 27.4. The zero-order chi connectivity index (χ0) is 40.3. The number of halogens is 3. The molecule has 2 saturated heterocycles. The Morgan fingerprint density at radius 3 is 2.42 bits per heavy atom. The summed E-state index contributed by atoms with van der Waals surface area (Å²) in [6.45, 7) is 2.21. The molecular formula is C42H51BrF2N3O8P. The van der Waals surface area contributed by atoms with Crippen molar-refractivity contribution in [3.63, 3.8) is 0 Å². The standard InChI is InChI=1S/C42H51BrF2N3O8P/c1-2-54-38-21-37(29-15-10-16-31(43)39(29)47-38)55-28-20-35-36(49)23-42(57(52,53)25-30-32(44)17-11-18-33(30)45)22-26(42)12-6-4-3-5-7-19-34(40(50)48(35)24-28)46-41(51)56-27-13-8-9-14-27/h10-11,15-18,21,26-28,34-35H,2-9,12-14,19-20,22-25H2,1H3,(H,46,51)(H,52,53)/t26-,28?,34-,35-,42+/m0/s1. The molecule has 2 N–H and O–H groups in total. The van der Waals surface area contributed by atoms with Crippen LogP contribution in [0, 0.1) is 17.6 Å². The van der Waals surface area contributed by atoms with Crippen LogP contribution in [0.15, 0.2) is 46.9 Å². The smallest absolute Gasteiger partial charge is 0.408 e.